The summed E-state index contributed by atoms with van der Waals surface area (Å²) in [5, 5.41) is 21.0. The molecule has 27 heavy (non-hydrogen) atoms. The summed E-state index contributed by atoms with van der Waals surface area (Å²) in [4.78, 5) is -0.239. The molecule has 0 saturated carbocycles. The molecule has 134 valence electrons. The highest BCUT2D eigenvalue weighted by molar-refractivity contribution is 7.86. The van der Waals surface area contributed by atoms with Gasteiger partial charge in [-0.15, -0.1) is 10.2 Å². The van der Waals surface area contributed by atoms with Crippen molar-refractivity contribution in [2.24, 2.45) is 10.2 Å². The molecule has 6 nitrogen and oxygen atoms in total. The third kappa shape index (κ3) is 3.14. The second-order valence-electron chi connectivity index (χ2n) is 5.96. The molecule has 4 aromatic rings. The third-order valence-electron chi connectivity index (χ3n) is 4.26. The van der Waals surface area contributed by atoms with Gasteiger partial charge in [-0.25, -0.2) is 0 Å². The minimum Gasteiger partial charge on any atom is -0.506 e. The average molecular weight is 378 g/mol. The molecule has 0 radical (unpaired) electrons. The summed E-state index contributed by atoms with van der Waals surface area (Å²) < 4.78 is 33.0. The zero-order valence-electron chi connectivity index (χ0n) is 13.9. The molecule has 0 spiro atoms. The SMILES string of the molecule is O=S(=O)(O)c1cccc2cccc(/N=N/c3c(O)ccc4ccccc34)c12. The topological polar surface area (TPSA) is 99.3 Å². The number of azo groups is 1. The summed E-state index contributed by atoms with van der Waals surface area (Å²) in [5.41, 5.74) is 0.558. The Morgan fingerprint density at radius 3 is 2.22 bits per heavy atom. The fourth-order valence-electron chi connectivity index (χ4n) is 3.04. The van der Waals surface area contributed by atoms with E-state index in [1.807, 2.05) is 24.3 Å². The Labute approximate surface area is 155 Å². The summed E-state index contributed by atoms with van der Waals surface area (Å²) in [6, 6.07) is 20.3. The summed E-state index contributed by atoms with van der Waals surface area (Å²) in [7, 11) is -4.43. The molecule has 0 unspecified atom stereocenters. The molecule has 0 aliphatic rings. The molecule has 0 saturated heterocycles. The molecular formula is C20H14N2O4S. The van der Waals surface area contributed by atoms with Crippen LogP contribution in [0.4, 0.5) is 11.4 Å². The van der Waals surface area contributed by atoms with Crippen LogP contribution in [-0.2, 0) is 10.1 Å². The van der Waals surface area contributed by atoms with Crippen molar-refractivity contribution in [3.63, 3.8) is 0 Å². The number of nitrogens with zero attached hydrogens (tertiary/aromatic N) is 2. The van der Waals surface area contributed by atoms with Gasteiger partial charge in [0, 0.05) is 10.8 Å². The van der Waals surface area contributed by atoms with E-state index >= 15 is 0 Å². The summed E-state index contributed by atoms with van der Waals surface area (Å²) >= 11 is 0. The lowest BCUT2D eigenvalue weighted by atomic mass is 10.1. The number of hydrogen-bond acceptors (Lipinski definition) is 5. The Morgan fingerprint density at radius 1 is 0.741 bits per heavy atom. The van der Waals surface area contributed by atoms with Crippen molar-refractivity contribution in [2.75, 3.05) is 0 Å². The van der Waals surface area contributed by atoms with Crippen molar-refractivity contribution in [2.45, 2.75) is 4.90 Å². The van der Waals surface area contributed by atoms with Crippen LogP contribution in [0.5, 0.6) is 5.75 Å². The Balaban J connectivity index is 1.94. The van der Waals surface area contributed by atoms with Crippen molar-refractivity contribution in [3.05, 3.63) is 72.8 Å². The van der Waals surface area contributed by atoms with Crippen LogP contribution >= 0.6 is 0 Å². The van der Waals surface area contributed by atoms with Crippen LogP contribution in [0.15, 0.2) is 87.9 Å². The summed E-state index contributed by atoms with van der Waals surface area (Å²) in [5.74, 6) is -0.0345. The first kappa shape index (κ1) is 17.1. The average Bonchev–Trinajstić information content (AvgIpc) is 2.66. The lowest BCUT2D eigenvalue weighted by Gasteiger charge is -2.07. The largest absolute Gasteiger partial charge is 0.506 e. The number of aromatic hydroxyl groups is 1. The molecule has 0 amide bonds. The zero-order chi connectivity index (χ0) is 19.0. The maximum absolute atomic E-state index is 11.7. The van der Waals surface area contributed by atoms with Crippen LogP contribution in [0, 0.1) is 0 Å². The Bertz CT molecular complexity index is 1310. The molecule has 0 atom stereocenters. The van der Waals surface area contributed by atoms with E-state index in [1.54, 1.807) is 36.4 Å². The van der Waals surface area contributed by atoms with E-state index in [4.69, 9.17) is 0 Å². The van der Waals surface area contributed by atoms with E-state index in [9.17, 15) is 18.1 Å². The van der Waals surface area contributed by atoms with Gasteiger partial charge in [0.2, 0.25) is 0 Å². The fraction of sp³-hybridized carbons (Fsp3) is 0. The maximum atomic E-state index is 11.7. The molecule has 0 heterocycles. The van der Waals surface area contributed by atoms with Crippen LogP contribution < -0.4 is 0 Å². The van der Waals surface area contributed by atoms with Gasteiger partial charge in [0.25, 0.3) is 10.1 Å². The number of benzene rings is 4. The van der Waals surface area contributed by atoms with Crippen molar-refractivity contribution in [3.8, 4) is 5.75 Å². The highest BCUT2D eigenvalue weighted by atomic mass is 32.2. The Hall–Kier alpha value is -3.29. The zero-order valence-corrected chi connectivity index (χ0v) is 14.8. The first-order valence-corrected chi connectivity index (χ1v) is 9.51. The standard InChI is InChI=1S/C20H14N2O4S/c23-17-12-11-13-5-1-2-8-15(13)20(17)22-21-16-9-3-6-14-7-4-10-18(19(14)16)27(24,25)26/h1-12,23H,(H,24,25,26)/b22-21+. The molecule has 2 N–H and O–H groups in total. The van der Waals surface area contributed by atoms with Crippen molar-refractivity contribution < 1.29 is 18.1 Å². The molecule has 0 fully saturated rings. The fourth-order valence-corrected chi connectivity index (χ4v) is 3.77. The number of rotatable bonds is 3. The van der Waals surface area contributed by atoms with Gasteiger partial charge in [-0.05, 0) is 29.0 Å². The molecule has 4 aromatic carbocycles. The van der Waals surface area contributed by atoms with Gasteiger partial charge in [-0.2, -0.15) is 8.42 Å². The lowest BCUT2D eigenvalue weighted by molar-refractivity contribution is 0.477. The number of phenolic OH excluding ortho intramolecular Hbond substituents is 1. The second-order valence-corrected chi connectivity index (χ2v) is 7.35. The summed E-state index contributed by atoms with van der Waals surface area (Å²) in [6.45, 7) is 0. The van der Waals surface area contributed by atoms with E-state index in [1.165, 1.54) is 12.1 Å². The van der Waals surface area contributed by atoms with Gasteiger partial charge in [0.05, 0.1) is 5.69 Å². The van der Waals surface area contributed by atoms with E-state index in [2.05, 4.69) is 10.2 Å². The third-order valence-corrected chi connectivity index (χ3v) is 5.16. The molecule has 0 bridgehead atoms. The molecular weight excluding hydrogens is 364 g/mol. The van der Waals surface area contributed by atoms with Gasteiger partial charge in [0.1, 0.15) is 16.3 Å². The smallest absolute Gasteiger partial charge is 0.295 e. The summed E-state index contributed by atoms with van der Waals surface area (Å²) in [6.07, 6.45) is 0. The minimum absolute atomic E-state index is 0.0345. The number of hydrogen-bond donors (Lipinski definition) is 2. The maximum Gasteiger partial charge on any atom is 0.295 e. The van der Waals surface area contributed by atoms with Crippen LogP contribution in [0.1, 0.15) is 0 Å². The van der Waals surface area contributed by atoms with Crippen molar-refractivity contribution in [1.29, 1.82) is 0 Å². The highest BCUT2D eigenvalue weighted by Crippen LogP contribution is 2.38. The molecule has 4 rings (SSSR count). The Morgan fingerprint density at radius 2 is 1.44 bits per heavy atom. The first-order valence-electron chi connectivity index (χ1n) is 8.07. The van der Waals surface area contributed by atoms with Crippen LogP contribution in [-0.4, -0.2) is 18.1 Å². The van der Waals surface area contributed by atoms with Gasteiger partial charge < -0.3 is 5.11 Å². The molecule has 0 aliphatic heterocycles. The first-order chi connectivity index (χ1) is 12.9. The highest BCUT2D eigenvalue weighted by Gasteiger charge is 2.16. The van der Waals surface area contributed by atoms with Crippen LogP contribution in [0.25, 0.3) is 21.5 Å². The normalized spacial score (nSPS) is 12.2. The second kappa shape index (κ2) is 6.46. The van der Waals surface area contributed by atoms with Crippen molar-refractivity contribution >= 4 is 43.0 Å². The van der Waals surface area contributed by atoms with Crippen molar-refractivity contribution in [1.82, 2.24) is 0 Å². The quantitative estimate of drug-likeness (QED) is 0.370. The predicted molar refractivity (Wildman–Crippen MR) is 104 cm³/mol. The number of fused-ring (bicyclic) bond motifs is 2. The van der Waals surface area contributed by atoms with Gasteiger partial charge >= 0.3 is 0 Å². The van der Waals surface area contributed by atoms with E-state index in [-0.39, 0.29) is 27.4 Å². The van der Waals surface area contributed by atoms with Gasteiger partial charge in [0.15, 0.2) is 0 Å². The molecule has 0 aliphatic carbocycles. The van der Waals surface area contributed by atoms with Crippen LogP contribution in [0.2, 0.25) is 0 Å². The van der Waals surface area contributed by atoms with E-state index < -0.39 is 10.1 Å². The minimum atomic E-state index is -4.43. The monoisotopic (exact) mass is 378 g/mol. The predicted octanol–water partition coefficient (Wildman–Crippen LogP) is 5.36. The number of phenols is 1. The van der Waals surface area contributed by atoms with E-state index in [0.29, 0.717) is 5.39 Å². The Kier molecular flexibility index (Phi) is 4.10. The van der Waals surface area contributed by atoms with Crippen LogP contribution in [0.3, 0.4) is 0 Å². The molecule has 7 heteroatoms. The van der Waals surface area contributed by atoms with E-state index in [0.717, 1.165) is 10.8 Å². The lowest BCUT2D eigenvalue weighted by Crippen LogP contribution is -1.98. The molecule has 0 aromatic heterocycles. The van der Waals surface area contributed by atoms with Gasteiger partial charge in [-0.3, -0.25) is 4.55 Å². The van der Waals surface area contributed by atoms with Gasteiger partial charge in [-0.1, -0.05) is 54.6 Å².